The molecule has 1 N–H and O–H groups in total. The molecule has 0 spiro atoms. The molecule has 0 saturated carbocycles. The third kappa shape index (κ3) is 6.64. The number of nitrogens with zero attached hydrogens (tertiary/aromatic N) is 2. The van der Waals surface area contributed by atoms with Crippen LogP contribution in [-0.4, -0.2) is 22.1 Å². The van der Waals surface area contributed by atoms with Crippen molar-refractivity contribution >= 4 is 5.91 Å². The second kappa shape index (κ2) is 9.30. The van der Waals surface area contributed by atoms with Gasteiger partial charge in [0.2, 0.25) is 17.6 Å². The number of aromatic nitrogens is 2. The number of benzene rings is 1. The van der Waals surface area contributed by atoms with Crippen molar-refractivity contribution in [3.05, 3.63) is 36.0 Å². The SMILES string of the molecule is CC(C)CCCC(C)NC(=O)CCc1nc(-c2ccc(F)cc2)no1. The highest BCUT2D eigenvalue weighted by atomic mass is 19.1. The number of halogens is 1. The molecule has 0 aliphatic carbocycles. The Kier molecular flexibility index (Phi) is 7.10. The molecule has 1 aromatic carbocycles. The smallest absolute Gasteiger partial charge is 0.227 e. The Balaban J connectivity index is 1.75. The molecule has 0 aliphatic heterocycles. The lowest BCUT2D eigenvalue weighted by atomic mass is 10.0. The Hall–Kier alpha value is -2.24. The summed E-state index contributed by atoms with van der Waals surface area (Å²) in [5, 5.41) is 6.87. The largest absolute Gasteiger partial charge is 0.354 e. The van der Waals surface area contributed by atoms with Crippen molar-refractivity contribution in [1.29, 1.82) is 0 Å². The molecule has 5 nitrogen and oxygen atoms in total. The fraction of sp³-hybridized carbons (Fsp3) is 0.526. The molecule has 0 saturated heterocycles. The first-order chi connectivity index (χ1) is 11.9. The van der Waals surface area contributed by atoms with Gasteiger partial charge < -0.3 is 9.84 Å². The topological polar surface area (TPSA) is 68.0 Å². The van der Waals surface area contributed by atoms with Gasteiger partial charge in [0.05, 0.1) is 0 Å². The Morgan fingerprint density at radius 2 is 1.92 bits per heavy atom. The van der Waals surface area contributed by atoms with E-state index in [4.69, 9.17) is 4.52 Å². The van der Waals surface area contributed by atoms with Crippen molar-refractivity contribution in [2.24, 2.45) is 5.92 Å². The summed E-state index contributed by atoms with van der Waals surface area (Å²) >= 11 is 0. The molecular formula is C19H26FN3O2. The van der Waals surface area contributed by atoms with Crippen LogP contribution >= 0.6 is 0 Å². The summed E-state index contributed by atoms with van der Waals surface area (Å²) in [5.41, 5.74) is 0.680. The van der Waals surface area contributed by atoms with Crippen molar-refractivity contribution in [2.75, 3.05) is 0 Å². The molecule has 1 unspecified atom stereocenters. The van der Waals surface area contributed by atoms with Crippen LogP contribution in [0.25, 0.3) is 11.4 Å². The van der Waals surface area contributed by atoms with Gasteiger partial charge in [-0.15, -0.1) is 0 Å². The van der Waals surface area contributed by atoms with Crippen molar-refractivity contribution in [1.82, 2.24) is 15.5 Å². The lowest BCUT2D eigenvalue weighted by Crippen LogP contribution is -2.32. The number of carbonyl (C=O) groups is 1. The maximum absolute atomic E-state index is 12.9. The molecule has 1 amide bonds. The third-order valence-electron chi connectivity index (χ3n) is 3.96. The highest BCUT2D eigenvalue weighted by molar-refractivity contribution is 5.76. The van der Waals surface area contributed by atoms with Crippen molar-refractivity contribution in [2.45, 2.75) is 58.9 Å². The van der Waals surface area contributed by atoms with E-state index in [9.17, 15) is 9.18 Å². The average molecular weight is 347 g/mol. The van der Waals surface area contributed by atoms with Gasteiger partial charge in [-0.2, -0.15) is 4.98 Å². The Morgan fingerprint density at radius 1 is 1.20 bits per heavy atom. The zero-order valence-corrected chi connectivity index (χ0v) is 15.1. The van der Waals surface area contributed by atoms with Crippen LogP contribution < -0.4 is 5.32 Å². The van der Waals surface area contributed by atoms with E-state index in [1.807, 2.05) is 6.92 Å². The van der Waals surface area contributed by atoms with E-state index >= 15 is 0 Å². The van der Waals surface area contributed by atoms with Crippen molar-refractivity contribution < 1.29 is 13.7 Å². The molecule has 0 radical (unpaired) electrons. The molecule has 0 aliphatic rings. The lowest BCUT2D eigenvalue weighted by molar-refractivity contribution is -0.121. The first-order valence-corrected chi connectivity index (χ1v) is 8.82. The van der Waals surface area contributed by atoms with Crippen molar-refractivity contribution in [3.63, 3.8) is 0 Å². The van der Waals surface area contributed by atoms with Gasteiger partial charge in [-0.1, -0.05) is 31.8 Å². The van der Waals surface area contributed by atoms with Gasteiger partial charge in [-0.05, 0) is 43.5 Å². The maximum atomic E-state index is 12.9. The van der Waals surface area contributed by atoms with E-state index in [1.165, 1.54) is 18.6 Å². The van der Waals surface area contributed by atoms with Gasteiger partial charge in [0.1, 0.15) is 5.82 Å². The Morgan fingerprint density at radius 3 is 2.60 bits per heavy atom. The predicted octanol–water partition coefficient (Wildman–Crippen LogP) is 4.14. The second-order valence-corrected chi connectivity index (χ2v) is 6.81. The number of rotatable bonds is 9. The van der Waals surface area contributed by atoms with E-state index in [2.05, 4.69) is 29.3 Å². The first-order valence-electron chi connectivity index (χ1n) is 8.82. The van der Waals surface area contributed by atoms with Gasteiger partial charge in [-0.25, -0.2) is 4.39 Å². The summed E-state index contributed by atoms with van der Waals surface area (Å²) in [5.74, 6) is 1.17. The van der Waals surface area contributed by atoms with Gasteiger partial charge in [0.15, 0.2) is 0 Å². The van der Waals surface area contributed by atoms with Crippen LogP contribution in [0, 0.1) is 11.7 Å². The quantitative estimate of drug-likeness (QED) is 0.740. The summed E-state index contributed by atoms with van der Waals surface area (Å²) < 4.78 is 18.1. The van der Waals surface area contributed by atoms with Crippen LogP contribution in [0.2, 0.25) is 0 Å². The van der Waals surface area contributed by atoms with Crippen LogP contribution in [-0.2, 0) is 11.2 Å². The zero-order chi connectivity index (χ0) is 18.2. The molecule has 6 heteroatoms. The van der Waals surface area contributed by atoms with Gasteiger partial charge in [-0.3, -0.25) is 4.79 Å². The lowest BCUT2D eigenvalue weighted by Gasteiger charge is -2.14. The third-order valence-corrected chi connectivity index (χ3v) is 3.96. The molecule has 136 valence electrons. The van der Waals surface area contributed by atoms with E-state index in [-0.39, 0.29) is 17.8 Å². The average Bonchev–Trinajstić information content (AvgIpc) is 3.02. The standard InChI is InChI=1S/C19H26FN3O2/c1-13(2)5-4-6-14(3)21-17(24)11-12-18-22-19(23-25-18)15-7-9-16(20)10-8-15/h7-10,13-14H,4-6,11-12H2,1-3H3,(H,21,24). The summed E-state index contributed by atoms with van der Waals surface area (Å²) in [6.45, 7) is 6.43. The van der Waals surface area contributed by atoms with Crippen molar-refractivity contribution in [3.8, 4) is 11.4 Å². The molecule has 2 aromatic rings. The Bertz CT molecular complexity index is 668. The summed E-state index contributed by atoms with van der Waals surface area (Å²) in [6, 6.07) is 6.05. The Labute approximate surface area is 148 Å². The fourth-order valence-corrected chi connectivity index (χ4v) is 2.54. The molecule has 2 rings (SSSR count). The first kappa shape index (κ1) is 19.1. The predicted molar refractivity (Wildman–Crippen MR) is 94.3 cm³/mol. The normalized spacial score (nSPS) is 12.4. The molecule has 1 heterocycles. The van der Waals surface area contributed by atoms with Gasteiger partial charge >= 0.3 is 0 Å². The van der Waals surface area contributed by atoms with Crippen LogP contribution in [0.15, 0.2) is 28.8 Å². The summed E-state index contributed by atoms with van der Waals surface area (Å²) in [4.78, 5) is 16.2. The monoisotopic (exact) mass is 347 g/mol. The minimum absolute atomic E-state index is 0.0152. The minimum atomic E-state index is -0.313. The molecule has 0 bridgehead atoms. The summed E-state index contributed by atoms with van der Waals surface area (Å²) in [6.07, 6.45) is 3.97. The minimum Gasteiger partial charge on any atom is -0.354 e. The number of aryl methyl sites for hydroxylation is 1. The van der Waals surface area contributed by atoms with Crippen LogP contribution in [0.3, 0.4) is 0 Å². The molecule has 1 aromatic heterocycles. The zero-order valence-electron chi connectivity index (χ0n) is 15.1. The summed E-state index contributed by atoms with van der Waals surface area (Å²) in [7, 11) is 0. The fourth-order valence-electron chi connectivity index (χ4n) is 2.54. The van der Waals surface area contributed by atoms with Gasteiger partial charge in [0, 0.05) is 24.4 Å². The van der Waals surface area contributed by atoms with E-state index in [0.29, 0.717) is 36.0 Å². The number of hydrogen-bond donors (Lipinski definition) is 1. The maximum Gasteiger partial charge on any atom is 0.227 e. The van der Waals surface area contributed by atoms with E-state index in [0.717, 1.165) is 12.8 Å². The number of amides is 1. The molecule has 1 atom stereocenters. The highest BCUT2D eigenvalue weighted by Gasteiger charge is 2.12. The second-order valence-electron chi connectivity index (χ2n) is 6.81. The number of nitrogens with one attached hydrogen (secondary N) is 1. The molecular weight excluding hydrogens is 321 g/mol. The van der Waals surface area contributed by atoms with Crippen LogP contribution in [0.4, 0.5) is 4.39 Å². The molecule has 0 fully saturated rings. The van der Waals surface area contributed by atoms with Crippen LogP contribution in [0.5, 0.6) is 0 Å². The van der Waals surface area contributed by atoms with E-state index in [1.54, 1.807) is 12.1 Å². The highest BCUT2D eigenvalue weighted by Crippen LogP contribution is 2.16. The van der Waals surface area contributed by atoms with Crippen LogP contribution in [0.1, 0.15) is 52.3 Å². The molecule has 25 heavy (non-hydrogen) atoms. The van der Waals surface area contributed by atoms with Gasteiger partial charge in [0.25, 0.3) is 0 Å². The number of carbonyl (C=O) groups excluding carboxylic acids is 1. The number of hydrogen-bond acceptors (Lipinski definition) is 4. The van der Waals surface area contributed by atoms with E-state index < -0.39 is 0 Å².